The van der Waals surface area contributed by atoms with Crippen LogP contribution in [-0.2, 0) is 7.05 Å². The highest BCUT2D eigenvalue weighted by atomic mass is 16.5. The number of hydrogen-bond donors (Lipinski definition) is 1. The molecule has 1 heterocycles. The fourth-order valence-corrected chi connectivity index (χ4v) is 1.34. The minimum absolute atomic E-state index is 0.0978. The van der Waals surface area contributed by atoms with E-state index in [0.29, 0.717) is 11.3 Å². The second-order valence-electron chi connectivity index (χ2n) is 2.86. The smallest absolute Gasteiger partial charge is 0.186 e. The third kappa shape index (κ3) is 2.03. The van der Waals surface area contributed by atoms with Crippen molar-refractivity contribution in [1.82, 2.24) is 9.78 Å². The zero-order valence-corrected chi connectivity index (χ0v) is 9.48. The van der Waals surface area contributed by atoms with Gasteiger partial charge in [0.1, 0.15) is 5.52 Å². The summed E-state index contributed by atoms with van der Waals surface area (Å²) in [6, 6.07) is 3.58. The van der Waals surface area contributed by atoms with Gasteiger partial charge in [0.25, 0.3) is 0 Å². The van der Waals surface area contributed by atoms with Gasteiger partial charge in [-0.25, -0.2) is 0 Å². The molecule has 0 saturated carbocycles. The molecule has 0 saturated heterocycles. The van der Waals surface area contributed by atoms with Crippen molar-refractivity contribution in [3.8, 4) is 11.5 Å². The number of nitrogens with zero attached hydrogens (tertiary/aromatic N) is 2. The van der Waals surface area contributed by atoms with Crippen molar-refractivity contribution >= 4 is 10.9 Å². The quantitative estimate of drug-likeness (QED) is 0.782. The van der Waals surface area contributed by atoms with Gasteiger partial charge >= 0.3 is 0 Å². The first-order chi connectivity index (χ1) is 7.22. The molecular formula is C11H16N2O2. The zero-order valence-electron chi connectivity index (χ0n) is 9.48. The highest BCUT2D eigenvalue weighted by Gasteiger charge is 2.08. The molecule has 0 aliphatic carbocycles. The number of hydrogen-bond acceptors (Lipinski definition) is 3. The largest absolute Gasteiger partial charge is 0.503 e. The van der Waals surface area contributed by atoms with E-state index in [-0.39, 0.29) is 5.75 Å². The first-order valence-electron chi connectivity index (χ1n) is 4.91. The second kappa shape index (κ2) is 4.68. The molecule has 2 rings (SSSR count). The van der Waals surface area contributed by atoms with Crippen LogP contribution in [0.1, 0.15) is 13.8 Å². The summed E-state index contributed by atoms with van der Waals surface area (Å²) in [6.45, 7) is 4.00. The van der Waals surface area contributed by atoms with Crippen LogP contribution < -0.4 is 4.74 Å². The van der Waals surface area contributed by atoms with Crippen LogP contribution in [0.5, 0.6) is 11.5 Å². The second-order valence-corrected chi connectivity index (χ2v) is 2.86. The highest BCUT2D eigenvalue weighted by Crippen LogP contribution is 2.32. The van der Waals surface area contributed by atoms with E-state index in [4.69, 9.17) is 4.74 Å². The molecule has 1 aromatic carbocycles. The first-order valence-corrected chi connectivity index (χ1v) is 4.91. The van der Waals surface area contributed by atoms with Crippen LogP contribution in [0.25, 0.3) is 10.9 Å². The van der Waals surface area contributed by atoms with Crippen LogP contribution in [0.4, 0.5) is 0 Å². The van der Waals surface area contributed by atoms with Crippen LogP contribution in [0.3, 0.4) is 0 Å². The fraction of sp³-hybridized carbons (Fsp3) is 0.364. The number of phenolic OH excluding ortho intramolecular Hbond substituents is 1. The Balaban J connectivity index is 0.000000531. The number of ether oxygens (including phenoxy) is 1. The predicted octanol–water partition coefficient (Wildman–Crippen LogP) is 2.31. The van der Waals surface area contributed by atoms with Crippen molar-refractivity contribution in [2.45, 2.75) is 13.8 Å². The van der Waals surface area contributed by atoms with Crippen molar-refractivity contribution in [3.63, 3.8) is 0 Å². The number of fused-ring (bicyclic) bond motifs is 1. The SMILES string of the molecule is CC.COc1ccc2cn(C)nc2c1O. The summed E-state index contributed by atoms with van der Waals surface area (Å²) in [5.41, 5.74) is 0.571. The molecule has 0 aliphatic rings. The van der Waals surface area contributed by atoms with E-state index in [1.165, 1.54) is 7.11 Å². The number of aromatic hydroxyl groups is 1. The van der Waals surface area contributed by atoms with Crippen LogP contribution in [-0.4, -0.2) is 22.0 Å². The summed E-state index contributed by atoms with van der Waals surface area (Å²) in [5.74, 6) is 0.548. The van der Waals surface area contributed by atoms with Crippen LogP contribution in [0.2, 0.25) is 0 Å². The van der Waals surface area contributed by atoms with Crippen LogP contribution in [0, 0.1) is 0 Å². The Labute approximate surface area is 89.1 Å². The fourth-order valence-electron chi connectivity index (χ4n) is 1.34. The number of methoxy groups -OCH3 is 1. The molecule has 0 bridgehead atoms. The Hall–Kier alpha value is -1.71. The molecule has 4 heteroatoms. The van der Waals surface area contributed by atoms with Crippen LogP contribution >= 0.6 is 0 Å². The Morgan fingerprint density at radius 2 is 2.00 bits per heavy atom. The standard InChI is InChI=1S/C9H10N2O2.C2H6/c1-11-5-6-3-4-7(13-2)9(12)8(6)10-11;1-2/h3-5,12H,1-2H3;1-2H3. The summed E-state index contributed by atoms with van der Waals surface area (Å²) in [4.78, 5) is 0. The van der Waals surface area contributed by atoms with Gasteiger partial charge in [-0.05, 0) is 12.1 Å². The summed E-state index contributed by atoms with van der Waals surface area (Å²) >= 11 is 0. The Morgan fingerprint density at radius 1 is 1.33 bits per heavy atom. The van der Waals surface area contributed by atoms with E-state index in [9.17, 15) is 5.11 Å². The molecule has 1 aromatic heterocycles. The molecule has 0 aliphatic heterocycles. The highest BCUT2D eigenvalue weighted by molar-refractivity contribution is 5.86. The summed E-state index contributed by atoms with van der Waals surface area (Å²) in [5, 5.41) is 14.7. The maximum atomic E-state index is 9.66. The van der Waals surface area contributed by atoms with Gasteiger partial charge in [-0.15, -0.1) is 0 Å². The molecule has 82 valence electrons. The van der Waals surface area contributed by atoms with Gasteiger partial charge in [-0.2, -0.15) is 5.10 Å². The van der Waals surface area contributed by atoms with E-state index in [0.717, 1.165) is 5.39 Å². The van der Waals surface area contributed by atoms with E-state index in [1.54, 1.807) is 10.7 Å². The molecule has 0 amide bonds. The van der Waals surface area contributed by atoms with Crippen LogP contribution in [0.15, 0.2) is 18.3 Å². The van der Waals surface area contributed by atoms with Gasteiger partial charge in [0.05, 0.1) is 7.11 Å². The minimum Gasteiger partial charge on any atom is -0.503 e. The number of phenols is 1. The van der Waals surface area contributed by atoms with E-state index in [2.05, 4.69) is 5.10 Å². The maximum Gasteiger partial charge on any atom is 0.186 e. The van der Waals surface area contributed by atoms with Crippen molar-refractivity contribution in [1.29, 1.82) is 0 Å². The molecule has 2 aromatic rings. The molecule has 0 fully saturated rings. The number of aromatic nitrogens is 2. The number of rotatable bonds is 1. The lowest BCUT2D eigenvalue weighted by atomic mass is 10.2. The monoisotopic (exact) mass is 208 g/mol. The van der Waals surface area contributed by atoms with E-state index in [1.807, 2.05) is 33.2 Å². The lowest BCUT2D eigenvalue weighted by Crippen LogP contribution is -1.86. The van der Waals surface area contributed by atoms with Gasteiger partial charge < -0.3 is 9.84 Å². The van der Waals surface area contributed by atoms with Crippen molar-refractivity contribution < 1.29 is 9.84 Å². The van der Waals surface area contributed by atoms with Gasteiger partial charge in [-0.1, -0.05) is 13.8 Å². The van der Waals surface area contributed by atoms with Gasteiger partial charge in [0.15, 0.2) is 11.5 Å². The van der Waals surface area contributed by atoms with Crippen molar-refractivity contribution in [2.24, 2.45) is 7.05 Å². The Bertz CT molecular complexity index is 449. The first kappa shape index (κ1) is 11.4. The van der Waals surface area contributed by atoms with Crippen molar-refractivity contribution in [3.05, 3.63) is 18.3 Å². The molecule has 0 spiro atoms. The molecular weight excluding hydrogens is 192 g/mol. The molecule has 15 heavy (non-hydrogen) atoms. The average molecular weight is 208 g/mol. The maximum absolute atomic E-state index is 9.66. The minimum atomic E-state index is 0.0978. The summed E-state index contributed by atoms with van der Waals surface area (Å²) in [6.07, 6.45) is 1.84. The topological polar surface area (TPSA) is 47.3 Å². The molecule has 1 N–H and O–H groups in total. The number of aryl methyl sites for hydroxylation is 1. The molecule has 0 radical (unpaired) electrons. The van der Waals surface area contributed by atoms with Crippen molar-refractivity contribution in [2.75, 3.05) is 7.11 Å². The lowest BCUT2D eigenvalue weighted by molar-refractivity contribution is 0.376. The van der Waals surface area contributed by atoms with Gasteiger partial charge in [0, 0.05) is 18.6 Å². The normalized spacial score (nSPS) is 9.60. The summed E-state index contributed by atoms with van der Waals surface area (Å²) < 4.78 is 6.62. The number of benzene rings is 1. The Morgan fingerprint density at radius 3 is 2.60 bits per heavy atom. The third-order valence-corrected chi connectivity index (χ3v) is 1.95. The average Bonchev–Trinajstić information content (AvgIpc) is 2.63. The van der Waals surface area contributed by atoms with E-state index >= 15 is 0 Å². The van der Waals surface area contributed by atoms with E-state index < -0.39 is 0 Å². The van der Waals surface area contributed by atoms with Gasteiger partial charge in [0.2, 0.25) is 0 Å². The zero-order chi connectivity index (χ0) is 11.4. The molecule has 0 atom stereocenters. The predicted molar refractivity (Wildman–Crippen MR) is 60.3 cm³/mol. The summed E-state index contributed by atoms with van der Waals surface area (Å²) in [7, 11) is 3.33. The molecule has 0 unspecified atom stereocenters. The third-order valence-electron chi connectivity index (χ3n) is 1.95. The Kier molecular flexibility index (Phi) is 3.55. The lowest BCUT2D eigenvalue weighted by Gasteiger charge is -2.01. The molecule has 4 nitrogen and oxygen atoms in total. The van der Waals surface area contributed by atoms with Gasteiger partial charge in [-0.3, -0.25) is 4.68 Å².